The van der Waals surface area contributed by atoms with Crippen LogP contribution in [-0.2, 0) is 19.8 Å². The number of benzene rings is 2. The molecule has 2 aromatic heterocycles. The molecule has 4 rings (SSSR count). The molecule has 2 heterocycles. The monoisotopic (exact) mass is 383 g/mol. The summed E-state index contributed by atoms with van der Waals surface area (Å²) in [4.78, 5) is 17.2. The number of rotatable bonds is 3. The molecule has 0 radical (unpaired) electrons. The number of aromatic nitrogens is 3. The Morgan fingerprint density at radius 1 is 1.00 bits per heavy atom. The smallest absolute Gasteiger partial charge is 0.319 e. The quantitative estimate of drug-likeness (QED) is 0.524. The van der Waals surface area contributed by atoms with Crippen LogP contribution in [0.4, 0.5) is 13.2 Å². The molecule has 0 spiro atoms. The van der Waals surface area contributed by atoms with E-state index in [1.165, 1.54) is 10.6 Å². The molecule has 0 aliphatic heterocycles. The number of para-hydroxylation sites is 2. The zero-order valence-corrected chi connectivity index (χ0v) is 14.9. The van der Waals surface area contributed by atoms with Gasteiger partial charge in [0, 0.05) is 19.8 Å². The Balaban J connectivity index is 1.90. The summed E-state index contributed by atoms with van der Waals surface area (Å²) in [5.41, 5.74) is 1.38. The van der Waals surface area contributed by atoms with Gasteiger partial charge in [-0.3, -0.25) is 4.79 Å². The van der Waals surface area contributed by atoms with Gasteiger partial charge in [-0.2, -0.15) is 13.2 Å². The van der Waals surface area contributed by atoms with Crippen LogP contribution in [0, 0.1) is 0 Å². The predicted molar refractivity (Wildman–Crippen MR) is 101 cm³/mol. The van der Waals surface area contributed by atoms with Crippen LogP contribution >= 0.6 is 0 Å². The van der Waals surface area contributed by atoms with E-state index < -0.39 is 11.7 Å². The zero-order chi connectivity index (χ0) is 19.9. The largest absolute Gasteiger partial charge is 0.416 e. The van der Waals surface area contributed by atoms with Crippen molar-refractivity contribution in [3.63, 3.8) is 0 Å². The minimum absolute atomic E-state index is 0.164. The van der Waals surface area contributed by atoms with E-state index in [2.05, 4.69) is 4.98 Å². The lowest BCUT2D eigenvalue weighted by molar-refractivity contribution is -0.137. The summed E-state index contributed by atoms with van der Waals surface area (Å²) in [6.07, 6.45) is -2.77. The molecule has 0 aliphatic rings. The van der Waals surface area contributed by atoms with Gasteiger partial charge < -0.3 is 9.13 Å². The number of fused-ring (bicyclic) bond motifs is 1. The average molecular weight is 383 g/mol. The Morgan fingerprint density at radius 2 is 1.79 bits per heavy atom. The summed E-state index contributed by atoms with van der Waals surface area (Å²) in [7, 11) is 1.64. The summed E-state index contributed by atoms with van der Waals surface area (Å²) in [6, 6.07) is 15.9. The summed E-state index contributed by atoms with van der Waals surface area (Å²) in [5.74, 6) is 0.430. The van der Waals surface area contributed by atoms with Gasteiger partial charge in [0.05, 0.1) is 22.2 Å². The molecular formula is C21H16F3N3O. The van der Waals surface area contributed by atoms with E-state index >= 15 is 0 Å². The maximum absolute atomic E-state index is 13.1. The minimum Gasteiger partial charge on any atom is -0.319 e. The molecule has 0 amide bonds. The molecule has 0 atom stereocenters. The van der Waals surface area contributed by atoms with Crippen molar-refractivity contribution in [2.75, 3.05) is 0 Å². The van der Waals surface area contributed by atoms with E-state index in [0.717, 1.165) is 17.6 Å². The van der Waals surface area contributed by atoms with Gasteiger partial charge in [-0.15, -0.1) is 0 Å². The Kier molecular flexibility index (Phi) is 4.30. The summed E-state index contributed by atoms with van der Waals surface area (Å²) in [5, 5.41) is 0. The van der Waals surface area contributed by atoms with Crippen molar-refractivity contribution in [1.29, 1.82) is 0 Å². The lowest BCUT2D eigenvalue weighted by atomic mass is 10.1. The van der Waals surface area contributed by atoms with Crippen LogP contribution in [0.15, 0.2) is 71.7 Å². The molecule has 7 heteroatoms. The number of pyridine rings is 1. The Hall–Kier alpha value is -3.35. The minimum atomic E-state index is -4.41. The third-order valence-electron chi connectivity index (χ3n) is 4.61. The predicted octanol–water partition coefficient (Wildman–Crippen LogP) is 4.47. The molecule has 0 bridgehead atoms. The van der Waals surface area contributed by atoms with E-state index in [0.29, 0.717) is 22.5 Å². The first-order chi connectivity index (χ1) is 13.3. The van der Waals surface area contributed by atoms with Crippen LogP contribution in [0.25, 0.3) is 22.4 Å². The van der Waals surface area contributed by atoms with Crippen molar-refractivity contribution in [3.05, 3.63) is 88.3 Å². The third-order valence-corrected chi connectivity index (χ3v) is 4.61. The molecule has 4 nitrogen and oxygen atoms in total. The molecule has 4 aromatic rings. The first kappa shape index (κ1) is 18.0. The van der Waals surface area contributed by atoms with Crippen molar-refractivity contribution in [2.45, 2.75) is 12.7 Å². The SMILES string of the molecule is Cn1cccc(-c2nc3ccccc3n2Cc2cccc(C(F)(F)F)c2)c1=O. The van der Waals surface area contributed by atoms with Gasteiger partial charge in [-0.05, 0) is 42.0 Å². The van der Waals surface area contributed by atoms with Gasteiger partial charge in [0.25, 0.3) is 5.56 Å². The molecule has 0 aliphatic carbocycles. The second kappa shape index (κ2) is 6.67. The Labute approximate surface area is 158 Å². The number of hydrogen-bond donors (Lipinski definition) is 0. The highest BCUT2D eigenvalue weighted by Crippen LogP contribution is 2.30. The van der Waals surface area contributed by atoms with Gasteiger partial charge in [-0.25, -0.2) is 4.98 Å². The summed E-state index contributed by atoms with van der Waals surface area (Å²) >= 11 is 0. The standard InChI is InChI=1S/C21H16F3N3O/c1-26-11-5-8-16(20(26)28)19-25-17-9-2-3-10-18(17)27(19)13-14-6-4-7-15(12-14)21(22,23)24/h2-12H,13H2,1H3. The van der Waals surface area contributed by atoms with Crippen molar-refractivity contribution in [2.24, 2.45) is 7.05 Å². The van der Waals surface area contributed by atoms with Gasteiger partial charge >= 0.3 is 6.18 Å². The van der Waals surface area contributed by atoms with E-state index in [1.54, 1.807) is 36.0 Å². The first-order valence-electron chi connectivity index (χ1n) is 8.62. The van der Waals surface area contributed by atoms with Crippen molar-refractivity contribution in [3.8, 4) is 11.4 Å². The number of halogens is 3. The van der Waals surface area contributed by atoms with E-state index in [-0.39, 0.29) is 12.1 Å². The number of nitrogens with zero attached hydrogens (tertiary/aromatic N) is 3. The molecule has 28 heavy (non-hydrogen) atoms. The summed E-state index contributed by atoms with van der Waals surface area (Å²) < 4.78 is 42.5. The zero-order valence-electron chi connectivity index (χ0n) is 14.9. The highest BCUT2D eigenvalue weighted by molar-refractivity contribution is 5.80. The molecule has 0 N–H and O–H groups in total. The number of alkyl halides is 3. The molecule has 142 valence electrons. The van der Waals surface area contributed by atoms with Crippen molar-refractivity contribution >= 4 is 11.0 Å². The second-order valence-electron chi connectivity index (χ2n) is 6.55. The highest BCUT2D eigenvalue weighted by atomic mass is 19.4. The van der Waals surface area contributed by atoms with E-state index in [9.17, 15) is 18.0 Å². The maximum atomic E-state index is 13.1. The van der Waals surface area contributed by atoms with Gasteiger partial charge in [-0.1, -0.05) is 24.3 Å². The van der Waals surface area contributed by atoms with Gasteiger partial charge in [0.2, 0.25) is 0 Å². The van der Waals surface area contributed by atoms with Crippen molar-refractivity contribution < 1.29 is 13.2 Å². The topological polar surface area (TPSA) is 39.8 Å². The average Bonchev–Trinajstić information content (AvgIpc) is 3.02. The normalized spacial score (nSPS) is 11.9. The van der Waals surface area contributed by atoms with Crippen LogP contribution in [0.1, 0.15) is 11.1 Å². The number of aryl methyl sites for hydroxylation is 1. The molecule has 2 aromatic carbocycles. The molecule has 0 saturated heterocycles. The third kappa shape index (κ3) is 3.19. The fraction of sp³-hybridized carbons (Fsp3) is 0.143. The molecule has 0 fully saturated rings. The van der Waals surface area contributed by atoms with Gasteiger partial charge in [0.15, 0.2) is 0 Å². The number of hydrogen-bond acceptors (Lipinski definition) is 2. The summed E-state index contributed by atoms with van der Waals surface area (Å²) in [6.45, 7) is 0.164. The van der Waals surface area contributed by atoms with Crippen LogP contribution in [0.3, 0.4) is 0 Å². The Morgan fingerprint density at radius 3 is 2.57 bits per heavy atom. The lowest BCUT2D eigenvalue weighted by Gasteiger charge is -2.12. The molecule has 0 unspecified atom stereocenters. The number of imidazole rings is 1. The maximum Gasteiger partial charge on any atom is 0.416 e. The van der Waals surface area contributed by atoms with Crippen molar-refractivity contribution in [1.82, 2.24) is 14.1 Å². The van der Waals surface area contributed by atoms with E-state index in [4.69, 9.17) is 0 Å². The fourth-order valence-electron chi connectivity index (χ4n) is 3.24. The van der Waals surface area contributed by atoms with E-state index in [1.807, 2.05) is 24.3 Å². The van der Waals surface area contributed by atoms with Crippen LogP contribution in [0.5, 0.6) is 0 Å². The molecule has 0 saturated carbocycles. The van der Waals surface area contributed by atoms with Crippen LogP contribution < -0.4 is 5.56 Å². The Bertz CT molecular complexity index is 1220. The van der Waals surface area contributed by atoms with Crippen LogP contribution in [-0.4, -0.2) is 14.1 Å². The first-order valence-corrected chi connectivity index (χ1v) is 8.62. The highest BCUT2D eigenvalue weighted by Gasteiger charge is 2.30. The van der Waals surface area contributed by atoms with Gasteiger partial charge in [0.1, 0.15) is 5.82 Å². The van der Waals surface area contributed by atoms with Crippen LogP contribution in [0.2, 0.25) is 0 Å². The second-order valence-corrected chi connectivity index (χ2v) is 6.55. The molecular weight excluding hydrogens is 367 g/mol. The lowest BCUT2D eigenvalue weighted by Crippen LogP contribution is -2.19. The fourth-order valence-corrected chi connectivity index (χ4v) is 3.24.